The Bertz CT molecular complexity index is 917. The molecule has 0 N–H and O–H groups in total. The van der Waals surface area contributed by atoms with Crippen molar-refractivity contribution in [3.63, 3.8) is 0 Å². The molecule has 134 valence electrons. The van der Waals surface area contributed by atoms with Gasteiger partial charge in [0.15, 0.2) is 22.5 Å². The van der Waals surface area contributed by atoms with Gasteiger partial charge in [-0.3, -0.25) is 4.98 Å². The number of hydrogen-bond donors (Lipinski definition) is 0. The average molecular weight is 433 g/mol. The van der Waals surface area contributed by atoms with Crippen LogP contribution in [0.4, 0.5) is 0 Å². The average Bonchev–Trinajstić information content (AvgIpc) is 3.10. The smallest absolute Gasteiger partial charge is 0.191 e. The van der Waals surface area contributed by atoms with Crippen molar-refractivity contribution >= 4 is 27.7 Å². The maximum atomic E-state index is 5.68. The summed E-state index contributed by atoms with van der Waals surface area (Å²) < 4.78 is 14.4. The summed E-state index contributed by atoms with van der Waals surface area (Å²) in [5, 5.41) is 9.64. The molecule has 0 saturated carbocycles. The summed E-state index contributed by atoms with van der Waals surface area (Å²) in [4.78, 5) is 4.06. The quantitative estimate of drug-likeness (QED) is 0.563. The lowest BCUT2D eigenvalue weighted by Crippen LogP contribution is -2.15. The van der Waals surface area contributed by atoms with E-state index in [0.29, 0.717) is 13.2 Å². The number of pyridine rings is 1. The van der Waals surface area contributed by atoms with Crippen molar-refractivity contribution in [2.75, 3.05) is 13.2 Å². The van der Waals surface area contributed by atoms with E-state index in [1.54, 1.807) is 24.2 Å². The van der Waals surface area contributed by atoms with Crippen molar-refractivity contribution in [2.45, 2.75) is 24.4 Å². The summed E-state index contributed by atoms with van der Waals surface area (Å²) in [5.41, 5.74) is 2.15. The van der Waals surface area contributed by atoms with E-state index in [0.717, 1.165) is 50.4 Å². The molecule has 0 atom stereocenters. The highest BCUT2D eigenvalue weighted by Gasteiger charge is 2.17. The van der Waals surface area contributed by atoms with Crippen molar-refractivity contribution in [1.82, 2.24) is 19.7 Å². The van der Waals surface area contributed by atoms with Crippen LogP contribution in [0.2, 0.25) is 0 Å². The molecule has 0 fully saturated rings. The van der Waals surface area contributed by atoms with E-state index < -0.39 is 0 Å². The van der Waals surface area contributed by atoms with Gasteiger partial charge in [-0.15, -0.1) is 10.2 Å². The highest BCUT2D eigenvalue weighted by Crippen LogP contribution is 2.38. The van der Waals surface area contributed by atoms with Crippen LogP contribution in [0, 0.1) is 0 Å². The first kappa shape index (κ1) is 17.4. The van der Waals surface area contributed by atoms with E-state index in [2.05, 4.69) is 42.6 Å². The molecule has 0 saturated heterocycles. The van der Waals surface area contributed by atoms with Crippen LogP contribution in [-0.4, -0.2) is 33.0 Å². The molecule has 0 bridgehead atoms. The van der Waals surface area contributed by atoms with Crippen LogP contribution in [0.25, 0.3) is 11.4 Å². The summed E-state index contributed by atoms with van der Waals surface area (Å²) >= 11 is 5.28. The number of benzene rings is 1. The molecule has 0 radical (unpaired) electrons. The lowest BCUT2D eigenvalue weighted by Gasteiger charge is -2.19. The lowest BCUT2D eigenvalue weighted by molar-refractivity contribution is 0.171. The molecule has 26 heavy (non-hydrogen) atoms. The second kappa shape index (κ2) is 7.67. The van der Waals surface area contributed by atoms with E-state index >= 15 is 0 Å². The van der Waals surface area contributed by atoms with Gasteiger partial charge >= 0.3 is 0 Å². The zero-order chi connectivity index (χ0) is 17.9. The Kier molecular flexibility index (Phi) is 5.12. The third-order valence-electron chi connectivity index (χ3n) is 4.04. The van der Waals surface area contributed by atoms with Crippen LogP contribution in [0.1, 0.15) is 12.5 Å². The van der Waals surface area contributed by atoms with Crippen LogP contribution in [-0.2, 0) is 12.3 Å². The first-order valence-corrected chi connectivity index (χ1v) is 10.1. The zero-order valence-electron chi connectivity index (χ0n) is 14.2. The van der Waals surface area contributed by atoms with E-state index in [-0.39, 0.29) is 0 Å². The number of halogens is 1. The predicted molar refractivity (Wildman–Crippen MR) is 104 cm³/mol. The van der Waals surface area contributed by atoms with Crippen LogP contribution < -0.4 is 9.47 Å². The summed E-state index contributed by atoms with van der Waals surface area (Å²) in [7, 11) is 0. The number of aromatic nitrogens is 4. The van der Waals surface area contributed by atoms with Crippen LogP contribution in [0.3, 0.4) is 0 Å². The van der Waals surface area contributed by atoms with Crippen molar-refractivity contribution in [2.24, 2.45) is 0 Å². The first-order valence-electron chi connectivity index (χ1n) is 8.30. The zero-order valence-corrected chi connectivity index (χ0v) is 16.6. The fourth-order valence-corrected chi connectivity index (χ4v) is 4.40. The molecule has 0 unspecified atom stereocenters. The van der Waals surface area contributed by atoms with Gasteiger partial charge in [0, 0.05) is 34.7 Å². The van der Waals surface area contributed by atoms with E-state index in [1.165, 1.54) is 0 Å². The van der Waals surface area contributed by atoms with Gasteiger partial charge < -0.3 is 14.0 Å². The molecule has 4 rings (SSSR count). The van der Waals surface area contributed by atoms with Gasteiger partial charge in [0.2, 0.25) is 0 Å². The monoisotopic (exact) mass is 432 g/mol. The van der Waals surface area contributed by atoms with Gasteiger partial charge in [-0.2, -0.15) is 0 Å². The normalized spacial score (nSPS) is 13.0. The molecule has 0 aliphatic carbocycles. The molecule has 2 aromatic heterocycles. The second-order valence-corrected chi connectivity index (χ2v) is 7.46. The second-order valence-electron chi connectivity index (χ2n) is 5.66. The van der Waals surface area contributed by atoms with Crippen molar-refractivity contribution < 1.29 is 9.47 Å². The van der Waals surface area contributed by atoms with Gasteiger partial charge in [-0.1, -0.05) is 27.7 Å². The van der Waals surface area contributed by atoms with E-state index in [9.17, 15) is 0 Å². The molecule has 0 amide bonds. The Morgan fingerprint density at radius 3 is 2.58 bits per heavy atom. The Morgan fingerprint density at radius 2 is 1.85 bits per heavy atom. The summed E-state index contributed by atoms with van der Waals surface area (Å²) in [6.45, 7) is 4.07. The molecule has 1 aromatic carbocycles. The third-order valence-corrected chi connectivity index (χ3v) is 5.79. The van der Waals surface area contributed by atoms with Crippen LogP contribution in [0.15, 0.2) is 46.3 Å². The highest BCUT2D eigenvalue weighted by atomic mass is 79.9. The van der Waals surface area contributed by atoms with Crippen LogP contribution in [0.5, 0.6) is 11.5 Å². The SMILES string of the molecule is CCn1c(SCc2cc3c(cc2Br)OCCO3)nnc1-c1ccncc1. The van der Waals surface area contributed by atoms with Gasteiger partial charge in [0.25, 0.3) is 0 Å². The number of fused-ring (bicyclic) bond motifs is 1. The third kappa shape index (κ3) is 3.43. The minimum absolute atomic E-state index is 0.584. The van der Waals surface area contributed by atoms with Crippen LogP contribution >= 0.6 is 27.7 Å². The number of ether oxygens (including phenoxy) is 2. The molecule has 1 aliphatic rings. The molecule has 6 nitrogen and oxygen atoms in total. The Morgan fingerprint density at radius 1 is 1.12 bits per heavy atom. The van der Waals surface area contributed by atoms with Crippen molar-refractivity contribution in [3.8, 4) is 22.9 Å². The minimum Gasteiger partial charge on any atom is -0.486 e. The fraction of sp³-hybridized carbons (Fsp3) is 0.278. The number of thioether (sulfide) groups is 1. The molecular weight excluding hydrogens is 416 g/mol. The standard InChI is InChI=1S/C18H17BrN4O2S/c1-2-23-17(12-3-5-20-6-4-12)21-22-18(23)26-11-13-9-15-16(10-14(13)19)25-8-7-24-15/h3-6,9-10H,2,7-8,11H2,1H3. The molecule has 3 heterocycles. The van der Waals surface area contributed by atoms with Gasteiger partial charge in [0.1, 0.15) is 13.2 Å². The Hall–Kier alpha value is -2.06. The molecule has 8 heteroatoms. The summed E-state index contributed by atoms with van der Waals surface area (Å²) in [5.74, 6) is 3.20. The predicted octanol–water partition coefficient (Wildman–Crippen LogP) is 4.19. The number of nitrogens with zero attached hydrogens (tertiary/aromatic N) is 4. The first-order chi connectivity index (χ1) is 12.8. The number of hydrogen-bond acceptors (Lipinski definition) is 6. The minimum atomic E-state index is 0.584. The topological polar surface area (TPSA) is 62.1 Å². The fourth-order valence-electron chi connectivity index (χ4n) is 2.75. The van der Waals surface area contributed by atoms with Gasteiger partial charge in [-0.25, -0.2) is 0 Å². The Labute approximate surface area is 164 Å². The lowest BCUT2D eigenvalue weighted by atomic mass is 10.2. The van der Waals surface area contributed by atoms with E-state index in [4.69, 9.17) is 9.47 Å². The van der Waals surface area contributed by atoms with E-state index in [1.807, 2.05) is 24.3 Å². The Balaban J connectivity index is 1.56. The summed E-state index contributed by atoms with van der Waals surface area (Å²) in [6.07, 6.45) is 3.53. The number of rotatable bonds is 5. The molecule has 0 spiro atoms. The van der Waals surface area contributed by atoms with Crippen molar-refractivity contribution in [3.05, 3.63) is 46.7 Å². The maximum absolute atomic E-state index is 5.68. The molecular formula is C18H17BrN4O2S. The van der Waals surface area contributed by atoms with Gasteiger partial charge in [-0.05, 0) is 36.8 Å². The molecule has 3 aromatic rings. The van der Waals surface area contributed by atoms with Gasteiger partial charge in [0.05, 0.1) is 0 Å². The molecule has 1 aliphatic heterocycles. The largest absolute Gasteiger partial charge is 0.486 e. The summed E-state index contributed by atoms with van der Waals surface area (Å²) in [6, 6.07) is 7.89. The maximum Gasteiger partial charge on any atom is 0.191 e. The van der Waals surface area contributed by atoms with Crippen molar-refractivity contribution in [1.29, 1.82) is 0 Å². The highest BCUT2D eigenvalue weighted by molar-refractivity contribution is 9.10.